The monoisotopic (exact) mass is 471 g/mol. The number of hydrazine groups is 1. The molecule has 0 bridgehead atoms. The predicted octanol–water partition coefficient (Wildman–Crippen LogP) is 3.03. The average Bonchev–Trinajstić information content (AvgIpc) is 2.79. The maximum absolute atomic E-state index is 12.9. The van der Waals surface area contributed by atoms with E-state index in [2.05, 4.69) is 15.6 Å². The number of ether oxygens (including phenoxy) is 1. The molecule has 0 saturated carbocycles. The summed E-state index contributed by atoms with van der Waals surface area (Å²) in [5.41, 5.74) is 5.42. The van der Waals surface area contributed by atoms with Crippen LogP contribution in [0.2, 0.25) is 0 Å². The lowest BCUT2D eigenvalue weighted by atomic mass is 10.1. The smallest absolute Gasteiger partial charge is 0.269 e. The minimum absolute atomic E-state index is 0.0360. The number of anilines is 1. The van der Waals surface area contributed by atoms with Gasteiger partial charge >= 0.3 is 0 Å². The van der Waals surface area contributed by atoms with Crippen molar-refractivity contribution in [2.75, 3.05) is 11.3 Å². The summed E-state index contributed by atoms with van der Waals surface area (Å²) in [7, 11) is -3.88. The molecule has 0 aromatic heterocycles. The second kappa shape index (κ2) is 10.6. The lowest BCUT2D eigenvalue weighted by Crippen LogP contribution is -2.42. The first kappa shape index (κ1) is 23.7. The summed E-state index contributed by atoms with van der Waals surface area (Å²) in [6, 6.07) is 17.2. The fourth-order valence-electron chi connectivity index (χ4n) is 2.85. The molecule has 0 heterocycles. The summed E-state index contributed by atoms with van der Waals surface area (Å²) < 4.78 is 45.9. The van der Waals surface area contributed by atoms with Crippen molar-refractivity contribution < 1.29 is 27.1 Å². The van der Waals surface area contributed by atoms with Gasteiger partial charge in [-0.05, 0) is 67.1 Å². The Morgan fingerprint density at radius 2 is 1.64 bits per heavy atom. The fraction of sp³-hybridized carbons (Fsp3) is 0.130. The van der Waals surface area contributed by atoms with Gasteiger partial charge in [0, 0.05) is 11.3 Å². The largest absolute Gasteiger partial charge is 0.494 e. The zero-order chi connectivity index (χ0) is 23.8. The molecule has 3 aromatic rings. The lowest BCUT2D eigenvalue weighted by molar-refractivity contribution is -0.121. The van der Waals surface area contributed by atoms with Crippen molar-refractivity contribution in [3.8, 4) is 5.75 Å². The second-order valence-corrected chi connectivity index (χ2v) is 8.58. The Morgan fingerprint density at radius 1 is 0.939 bits per heavy atom. The molecule has 0 aliphatic heterocycles. The number of sulfonamides is 1. The van der Waals surface area contributed by atoms with Crippen LogP contribution in [0, 0.1) is 5.82 Å². The van der Waals surface area contributed by atoms with Crippen molar-refractivity contribution in [1.29, 1.82) is 0 Å². The van der Waals surface area contributed by atoms with Gasteiger partial charge in [0.05, 0.1) is 17.9 Å². The van der Waals surface area contributed by atoms with Gasteiger partial charge in [0.15, 0.2) is 0 Å². The van der Waals surface area contributed by atoms with Crippen LogP contribution in [-0.4, -0.2) is 26.8 Å². The number of halogens is 1. The Balaban J connectivity index is 1.60. The molecule has 33 heavy (non-hydrogen) atoms. The van der Waals surface area contributed by atoms with Crippen LogP contribution in [0.25, 0.3) is 0 Å². The van der Waals surface area contributed by atoms with Gasteiger partial charge < -0.3 is 4.74 Å². The van der Waals surface area contributed by atoms with Gasteiger partial charge in [-0.25, -0.2) is 12.8 Å². The molecule has 0 radical (unpaired) electrons. The highest BCUT2D eigenvalue weighted by atomic mass is 32.2. The van der Waals surface area contributed by atoms with E-state index < -0.39 is 27.7 Å². The average molecular weight is 472 g/mol. The molecule has 0 unspecified atom stereocenters. The molecule has 0 atom stereocenters. The topological polar surface area (TPSA) is 114 Å². The second-order valence-electron chi connectivity index (χ2n) is 6.90. The Labute approximate surface area is 190 Å². The van der Waals surface area contributed by atoms with Crippen LogP contribution in [0.4, 0.5) is 10.1 Å². The minimum atomic E-state index is -3.88. The van der Waals surface area contributed by atoms with Gasteiger partial charge in [-0.15, -0.1) is 0 Å². The zero-order valence-electron chi connectivity index (χ0n) is 17.7. The summed E-state index contributed by atoms with van der Waals surface area (Å²) >= 11 is 0. The van der Waals surface area contributed by atoms with Crippen molar-refractivity contribution >= 4 is 27.5 Å². The molecule has 8 nitrogen and oxygen atoms in total. The van der Waals surface area contributed by atoms with Crippen LogP contribution >= 0.6 is 0 Å². The van der Waals surface area contributed by atoms with Crippen LogP contribution in [0.1, 0.15) is 22.8 Å². The van der Waals surface area contributed by atoms with Crippen LogP contribution < -0.4 is 20.3 Å². The van der Waals surface area contributed by atoms with Crippen molar-refractivity contribution in [3.05, 3.63) is 89.7 Å². The molecule has 0 fully saturated rings. The summed E-state index contributed by atoms with van der Waals surface area (Å²) in [5.74, 6) is -0.992. The Kier molecular flexibility index (Phi) is 7.62. The molecule has 3 aromatic carbocycles. The molecule has 0 spiro atoms. The molecule has 2 amide bonds. The van der Waals surface area contributed by atoms with Gasteiger partial charge in [-0.1, -0.05) is 18.2 Å². The van der Waals surface area contributed by atoms with E-state index in [9.17, 15) is 22.4 Å². The lowest BCUT2D eigenvalue weighted by Gasteiger charge is -2.11. The zero-order valence-corrected chi connectivity index (χ0v) is 18.5. The maximum atomic E-state index is 12.9. The molecule has 10 heteroatoms. The minimum Gasteiger partial charge on any atom is -0.494 e. The first-order chi connectivity index (χ1) is 15.8. The number of hydrogen-bond acceptors (Lipinski definition) is 5. The van der Waals surface area contributed by atoms with E-state index in [1.807, 2.05) is 6.92 Å². The Hall–Kier alpha value is -3.92. The van der Waals surface area contributed by atoms with Crippen molar-refractivity contribution in [3.63, 3.8) is 0 Å². The maximum Gasteiger partial charge on any atom is 0.269 e. The third kappa shape index (κ3) is 6.78. The van der Waals surface area contributed by atoms with Gasteiger partial charge in [-0.2, -0.15) is 0 Å². The number of rotatable bonds is 8. The van der Waals surface area contributed by atoms with Crippen LogP contribution in [0.3, 0.4) is 0 Å². The Morgan fingerprint density at radius 3 is 2.30 bits per heavy atom. The quantitative estimate of drug-likeness (QED) is 0.437. The van der Waals surface area contributed by atoms with E-state index in [0.29, 0.717) is 17.9 Å². The highest BCUT2D eigenvalue weighted by Gasteiger charge is 2.16. The summed E-state index contributed by atoms with van der Waals surface area (Å²) in [6.45, 7) is 2.29. The third-order valence-corrected chi connectivity index (χ3v) is 5.81. The third-order valence-electron chi connectivity index (χ3n) is 4.42. The molecular formula is C23H22FN3O5S. The predicted molar refractivity (Wildman–Crippen MR) is 121 cm³/mol. The molecule has 3 rings (SSSR count). The highest BCUT2D eigenvalue weighted by molar-refractivity contribution is 7.92. The Bertz CT molecular complexity index is 1230. The van der Waals surface area contributed by atoms with E-state index in [1.54, 1.807) is 12.1 Å². The normalized spacial score (nSPS) is 10.8. The van der Waals surface area contributed by atoms with E-state index >= 15 is 0 Å². The number of carbonyl (C=O) groups excluding carboxylic acids is 2. The number of carbonyl (C=O) groups is 2. The number of hydrogen-bond donors (Lipinski definition) is 3. The van der Waals surface area contributed by atoms with Crippen molar-refractivity contribution in [2.24, 2.45) is 0 Å². The van der Waals surface area contributed by atoms with Crippen LogP contribution in [-0.2, 0) is 21.2 Å². The molecular weight excluding hydrogens is 449 g/mol. The van der Waals surface area contributed by atoms with Gasteiger partial charge in [0.2, 0.25) is 5.91 Å². The number of nitrogens with one attached hydrogen (secondary N) is 3. The summed E-state index contributed by atoms with van der Waals surface area (Å²) in [6.07, 6.45) is -0.0531. The van der Waals surface area contributed by atoms with Crippen molar-refractivity contribution in [1.82, 2.24) is 10.9 Å². The first-order valence-corrected chi connectivity index (χ1v) is 11.4. The van der Waals surface area contributed by atoms with E-state index in [4.69, 9.17) is 4.74 Å². The van der Waals surface area contributed by atoms with Crippen LogP contribution in [0.5, 0.6) is 5.75 Å². The first-order valence-electron chi connectivity index (χ1n) is 9.96. The molecule has 172 valence electrons. The fourth-order valence-corrected chi connectivity index (χ4v) is 3.90. The summed E-state index contributed by atoms with van der Waals surface area (Å²) in [5, 5.41) is 0. The van der Waals surface area contributed by atoms with Gasteiger partial charge in [-0.3, -0.25) is 25.2 Å². The van der Waals surface area contributed by atoms with Gasteiger partial charge in [0.1, 0.15) is 11.6 Å². The highest BCUT2D eigenvalue weighted by Crippen LogP contribution is 2.20. The number of amides is 2. The number of benzene rings is 3. The van der Waals surface area contributed by atoms with Gasteiger partial charge in [0.25, 0.3) is 15.9 Å². The standard InChI is InChI=1S/C23H22FN3O5S/c1-2-32-20-10-12-21(13-11-20)33(30,31)27-19-5-3-4-17(15-19)23(29)26-25-22(28)14-16-6-8-18(24)9-7-16/h3-13,15,27H,2,14H2,1H3,(H,25,28)(H,26,29). The molecule has 0 aliphatic carbocycles. The van der Waals surface area contributed by atoms with Crippen molar-refractivity contribution in [2.45, 2.75) is 18.2 Å². The SMILES string of the molecule is CCOc1ccc(S(=O)(=O)Nc2cccc(C(=O)NNC(=O)Cc3ccc(F)cc3)c2)cc1. The van der Waals surface area contributed by atoms with E-state index in [-0.39, 0.29) is 22.6 Å². The molecule has 0 aliphatic rings. The van der Waals surface area contributed by atoms with E-state index in [0.717, 1.165) is 0 Å². The summed E-state index contributed by atoms with van der Waals surface area (Å²) in [4.78, 5) is 24.4. The molecule has 0 saturated heterocycles. The van der Waals surface area contributed by atoms with Crippen LogP contribution in [0.15, 0.2) is 77.7 Å². The molecule has 3 N–H and O–H groups in total. The van der Waals surface area contributed by atoms with E-state index in [1.165, 1.54) is 60.7 Å².